The fourth-order valence-electron chi connectivity index (χ4n) is 2.00. The third-order valence-electron chi connectivity index (χ3n) is 3.73. The lowest BCUT2D eigenvalue weighted by atomic mass is 9.64. The van der Waals surface area contributed by atoms with Crippen LogP contribution in [-0.2, 0) is 0 Å². The van der Waals surface area contributed by atoms with Gasteiger partial charge in [-0.3, -0.25) is 0 Å². The first kappa shape index (κ1) is 11.2. The van der Waals surface area contributed by atoms with E-state index in [1.54, 1.807) is 6.20 Å². The molecule has 0 aromatic carbocycles. The summed E-state index contributed by atoms with van der Waals surface area (Å²) in [6.45, 7) is 6.05. The van der Waals surface area contributed by atoms with Crippen molar-refractivity contribution in [1.82, 2.24) is 4.98 Å². The summed E-state index contributed by atoms with van der Waals surface area (Å²) in [4.78, 5) is 4.23. The molecule has 0 aliphatic heterocycles. The van der Waals surface area contributed by atoms with Crippen LogP contribution in [0.4, 0.5) is 11.5 Å². The van der Waals surface area contributed by atoms with Crippen LogP contribution in [0.1, 0.15) is 25.8 Å². The summed E-state index contributed by atoms with van der Waals surface area (Å²) >= 11 is 0. The highest BCUT2D eigenvalue weighted by atomic mass is 16.3. The van der Waals surface area contributed by atoms with Crippen LogP contribution in [0.25, 0.3) is 0 Å². The molecular weight excluding hydrogens is 202 g/mol. The van der Waals surface area contributed by atoms with Crippen molar-refractivity contribution in [2.24, 2.45) is 5.41 Å². The topological polar surface area (TPSA) is 71.2 Å². The highest BCUT2D eigenvalue weighted by Crippen LogP contribution is 2.42. The largest absolute Gasteiger partial charge is 0.396 e. The van der Waals surface area contributed by atoms with Crippen LogP contribution in [0.2, 0.25) is 0 Å². The number of pyridine rings is 1. The Kier molecular flexibility index (Phi) is 2.54. The average Bonchev–Trinajstić information content (AvgIpc) is 2.24. The van der Waals surface area contributed by atoms with Gasteiger partial charge in [-0.25, -0.2) is 4.98 Å². The Hall–Kier alpha value is -1.29. The molecule has 1 heterocycles. The molecule has 2 unspecified atom stereocenters. The molecular formula is C12H19N3O. The number of aromatic nitrogens is 1. The van der Waals surface area contributed by atoms with Crippen molar-refractivity contribution in [1.29, 1.82) is 0 Å². The zero-order chi connectivity index (χ0) is 11.9. The van der Waals surface area contributed by atoms with Gasteiger partial charge in [0.05, 0.1) is 11.8 Å². The Balaban J connectivity index is 2.14. The van der Waals surface area contributed by atoms with Gasteiger partial charge < -0.3 is 16.2 Å². The van der Waals surface area contributed by atoms with Crippen molar-refractivity contribution in [3.05, 3.63) is 17.8 Å². The molecule has 1 aliphatic rings. The SMILES string of the molecule is Cc1ccnc(NC2CC(O)C2(C)C)c1N. The first-order valence-corrected chi connectivity index (χ1v) is 5.58. The van der Waals surface area contributed by atoms with Crippen LogP contribution in [0.15, 0.2) is 12.3 Å². The van der Waals surface area contributed by atoms with E-state index in [4.69, 9.17) is 5.73 Å². The lowest BCUT2D eigenvalue weighted by molar-refractivity contribution is -0.0511. The number of aliphatic hydroxyl groups excluding tert-OH is 1. The predicted molar refractivity (Wildman–Crippen MR) is 65.2 cm³/mol. The van der Waals surface area contributed by atoms with Crippen LogP contribution in [-0.4, -0.2) is 22.2 Å². The summed E-state index contributed by atoms with van der Waals surface area (Å²) in [5, 5.41) is 13.0. The number of nitrogen functional groups attached to an aromatic ring is 1. The van der Waals surface area contributed by atoms with Gasteiger partial charge in [0.1, 0.15) is 5.82 Å². The fourth-order valence-corrected chi connectivity index (χ4v) is 2.00. The van der Waals surface area contributed by atoms with E-state index in [9.17, 15) is 5.11 Å². The summed E-state index contributed by atoms with van der Waals surface area (Å²) in [7, 11) is 0. The Labute approximate surface area is 95.9 Å². The Bertz CT molecular complexity index is 403. The minimum absolute atomic E-state index is 0.113. The third-order valence-corrected chi connectivity index (χ3v) is 3.73. The van der Waals surface area contributed by atoms with Gasteiger partial charge in [-0.2, -0.15) is 0 Å². The van der Waals surface area contributed by atoms with Crippen LogP contribution in [0, 0.1) is 12.3 Å². The number of rotatable bonds is 2. The van der Waals surface area contributed by atoms with Crippen molar-refractivity contribution < 1.29 is 5.11 Å². The van der Waals surface area contributed by atoms with Gasteiger partial charge in [0.2, 0.25) is 0 Å². The number of hydrogen-bond acceptors (Lipinski definition) is 4. The van der Waals surface area contributed by atoms with Crippen molar-refractivity contribution in [2.75, 3.05) is 11.1 Å². The maximum atomic E-state index is 9.66. The van der Waals surface area contributed by atoms with Gasteiger partial charge in [-0.15, -0.1) is 0 Å². The van der Waals surface area contributed by atoms with E-state index >= 15 is 0 Å². The monoisotopic (exact) mass is 221 g/mol. The van der Waals surface area contributed by atoms with Crippen molar-refractivity contribution in [2.45, 2.75) is 39.3 Å². The molecule has 16 heavy (non-hydrogen) atoms. The molecule has 4 N–H and O–H groups in total. The lowest BCUT2D eigenvalue weighted by Crippen LogP contribution is -2.57. The lowest BCUT2D eigenvalue weighted by Gasteiger charge is -2.49. The normalized spacial score (nSPS) is 27.2. The van der Waals surface area contributed by atoms with Crippen LogP contribution < -0.4 is 11.1 Å². The van der Waals surface area contributed by atoms with Gasteiger partial charge in [0, 0.05) is 17.7 Å². The minimum atomic E-state index is -0.240. The van der Waals surface area contributed by atoms with E-state index in [-0.39, 0.29) is 17.6 Å². The van der Waals surface area contributed by atoms with Crippen molar-refractivity contribution in [3.63, 3.8) is 0 Å². The number of nitrogens with zero attached hydrogens (tertiary/aromatic N) is 1. The number of nitrogens with two attached hydrogens (primary N) is 1. The Morgan fingerprint density at radius 2 is 2.25 bits per heavy atom. The Morgan fingerprint density at radius 1 is 1.56 bits per heavy atom. The molecule has 1 saturated carbocycles. The van der Waals surface area contributed by atoms with Crippen LogP contribution >= 0.6 is 0 Å². The van der Waals surface area contributed by atoms with E-state index in [1.165, 1.54) is 0 Å². The van der Waals surface area contributed by atoms with E-state index in [2.05, 4.69) is 10.3 Å². The number of anilines is 2. The molecule has 1 aromatic rings. The summed E-state index contributed by atoms with van der Waals surface area (Å²) in [5.41, 5.74) is 7.55. The van der Waals surface area contributed by atoms with Gasteiger partial charge in [-0.1, -0.05) is 13.8 Å². The highest BCUT2D eigenvalue weighted by molar-refractivity contribution is 5.65. The standard InChI is InChI=1S/C12H19N3O/c1-7-4-5-14-11(10(7)13)15-8-6-9(16)12(8,2)3/h4-5,8-9,16H,6,13H2,1-3H3,(H,14,15). The molecule has 2 rings (SSSR count). The van der Waals surface area contributed by atoms with Crippen molar-refractivity contribution in [3.8, 4) is 0 Å². The molecule has 88 valence electrons. The van der Waals surface area contributed by atoms with E-state index in [0.29, 0.717) is 5.69 Å². The smallest absolute Gasteiger partial charge is 0.149 e. The maximum Gasteiger partial charge on any atom is 0.149 e. The molecule has 2 atom stereocenters. The number of aliphatic hydroxyl groups is 1. The zero-order valence-electron chi connectivity index (χ0n) is 9.99. The van der Waals surface area contributed by atoms with Gasteiger partial charge in [0.15, 0.2) is 0 Å². The van der Waals surface area contributed by atoms with E-state index in [1.807, 2.05) is 26.8 Å². The molecule has 4 heteroatoms. The molecule has 0 radical (unpaired) electrons. The zero-order valence-corrected chi connectivity index (χ0v) is 9.99. The first-order valence-electron chi connectivity index (χ1n) is 5.58. The minimum Gasteiger partial charge on any atom is -0.396 e. The average molecular weight is 221 g/mol. The quantitative estimate of drug-likeness (QED) is 0.708. The van der Waals surface area contributed by atoms with Crippen LogP contribution in [0.5, 0.6) is 0 Å². The van der Waals surface area contributed by atoms with Crippen molar-refractivity contribution >= 4 is 11.5 Å². The van der Waals surface area contributed by atoms with Crippen LogP contribution in [0.3, 0.4) is 0 Å². The van der Waals surface area contributed by atoms with Gasteiger partial charge >= 0.3 is 0 Å². The molecule has 0 amide bonds. The second-order valence-corrected chi connectivity index (χ2v) is 5.16. The Morgan fingerprint density at radius 3 is 2.81 bits per heavy atom. The van der Waals surface area contributed by atoms with Gasteiger partial charge in [-0.05, 0) is 25.0 Å². The fraction of sp³-hybridized carbons (Fsp3) is 0.583. The molecule has 1 fully saturated rings. The summed E-state index contributed by atoms with van der Waals surface area (Å²) in [6.07, 6.45) is 2.26. The van der Waals surface area contributed by atoms with E-state index < -0.39 is 0 Å². The molecule has 4 nitrogen and oxygen atoms in total. The summed E-state index contributed by atoms with van der Waals surface area (Å²) < 4.78 is 0. The summed E-state index contributed by atoms with van der Waals surface area (Å²) in [5.74, 6) is 0.727. The number of nitrogens with one attached hydrogen (secondary N) is 1. The molecule has 0 saturated heterocycles. The maximum absolute atomic E-state index is 9.66. The number of aryl methyl sites for hydroxylation is 1. The summed E-state index contributed by atoms with van der Waals surface area (Å²) in [6, 6.07) is 2.13. The molecule has 1 aromatic heterocycles. The molecule has 0 bridgehead atoms. The first-order chi connectivity index (χ1) is 7.43. The molecule has 1 aliphatic carbocycles. The van der Waals surface area contributed by atoms with Gasteiger partial charge in [0.25, 0.3) is 0 Å². The number of hydrogen-bond donors (Lipinski definition) is 3. The van der Waals surface area contributed by atoms with E-state index in [0.717, 1.165) is 17.8 Å². The predicted octanol–water partition coefficient (Wildman–Crippen LogP) is 1.54. The highest BCUT2D eigenvalue weighted by Gasteiger charge is 2.47. The second kappa shape index (κ2) is 3.63. The second-order valence-electron chi connectivity index (χ2n) is 5.16. The third kappa shape index (κ3) is 1.63. The molecule has 0 spiro atoms.